The molecule has 0 radical (unpaired) electrons. The van der Waals surface area contributed by atoms with Crippen molar-refractivity contribution in [2.24, 2.45) is 10.4 Å². The Labute approximate surface area is 172 Å². The second kappa shape index (κ2) is 8.41. The molecular weight excluding hydrogens is 445 g/mol. The maximum atomic E-state index is 4.81. The minimum absolute atomic E-state index is 0. The van der Waals surface area contributed by atoms with Gasteiger partial charge in [-0.2, -0.15) is 0 Å². The molecule has 2 saturated heterocycles. The van der Waals surface area contributed by atoms with E-state index in [1.165, 1.54) is 69.0 Å². The first-order valence-electron chi connectivity index (χ1n) is 9.43. The Kier molecular flexibility index (Phi) is 6.46. The van der Waals surface area contributed by atoms with E-state index in [4.69, 9.17) is 4.98 Å². The summed E-state index contributed by atoms with van der Waals surface area (Å²) in [5.74, 6) is 1.08. The average Bonchev–Trinajstić information content (AvgIpc) is 3.30. The van der Waals surface area contributed by atoms with Crippen molar-refractivity contribution in [1.82, 2.24) is 15.2 Å². The van der Waals surface area contributed by atoms with Gasteiger partial charge in [-0.1, -0.05) is 6.42 Å². The van der Waals surface area contributed by atoms with Crippen LogP contribution in [-0.2, 0) is 6.42 Å². The molecule has 1 spiro atoms. The van der Waals surface area contributed by atoms with Gasteiger partial charge in [0.2, 0.25) is 0 Å². The van der Waals surface area contributed by atoms with E-state index in [9.17, 15) is 0 Å². The zero-order chi connectivity index (χ0) is 16.4. The zero-order valence-electron chi connectivity index (χ0n) is 15.2. The quantitative estimate of drug-likeness (QED) is 0.412. The van der Waals surface area contributed by atoms with Crippen molar-refractivity contribution < 1.29 is 0 Å². The second-order valence-corrected chi connectivity index (χ2v) is 8.40. The summed E-state index contributed by atoms with van der Waals surface area (Å²) in [5, 5.41) is 6.98. The van der Waals surface area contributed by atoms with Crippen LogP contribution in [0.25, 0.3) is 0 Å². The van der Waals surface area contributed by atoms with Crippen LogP contribution in [0.2, 0.25) is 0 Å². The van der Waals surface area contributed by atoms with Crippen molar-refractivity contribution in [3.63, 3.8) is 0 Å². The van der Waals surface area contributed by atoms with Crippen molar-refractivity contribution >= 4 is 46.4 Å². The third-order valence-electron chi connectivity index (χ3n) is 5.94. The van der Waals surface area contributed by atoms with Gasteiger partial charge in [0.25, 0.3) is 0 Å². The molecule has 0 bridgehead atoms. The molecule has 0 unspecified atom stereocenters. The Morgan fingerprint density at radius 1 is 1.24 bits per heavy atom. The lowest BCUT2D eigenvalue weighted by Crippen LogP contribution is -2.43. The van der Waals surface area contributed by atoms with Gasteiger partial charge in [-0.15, -0.1) is 35.3 Å². The fraction of sp³-hybridized carbons (Fsp3) is 0.778. The molecule has 7 heteroatoms. The molecule has 25 heavy (non-hydrogen) atoms. The summed E-state index contributed by atoms with van der Waals surface area (Å²) in [6.07, 6.45) is 9.19. The smallest absolute Gasteiger partial charge is 0.193 e. The fourth-order valence-corrected chi connectivity index (χ4v) is 5.21. The van der Waals surface area contributed by atoms with Crippen molar-refractivity contribution in [2.75, 3.05) is 44.7 Å². The van der Waals surface area contributed by atoms with E-state index >= 15 is 0 Å². The van der Waals surface area contributed by atoms with E-state index in [1.54, 1.807) is 11.3 Å². The number of aliphatic imine (C=N–C) groups is 1. The van der Waals surface area contributed by atoms with Gasteiger partial charge < -0.3 is 15.1 Å². The molecule has 1 saturated carbocycles. The molecule has 3 aliphatic rings. The molecular formula is C18H30IN5S. The lowest BCUT2D eigenvalue weighted by Gasteiger charge is -2.38. The Bertz CT molecular complexity index is 592. The molecule has 3 fully saturated rings. The highest BCUT2D eigenvalue weighted by Gasteiger charge is 2.43. The summed E-state index contributed by atoms with van der Waals surface area (Å²) < 4.78 is 0. The highest BCUT2D eigenvalue weighted by Crippen LogP contribution is 2.47. The van der Waals surface area contributed by atoms with Gasteiger partial charge in [-0.25, -0.2) is 4.98 Å². The monoisotopic (exact) mass is 475 g/mol. The number of aromatic nitrogens is 1. The lowest BCUT2D eigenvalue weighted by molar-refractivity contribution is 0.151. The molecule has 0 amide bonds. The second-order valence-electron chi connectivity index (χ2n) is 7.56. The third kappa shape index (κ3) is 4.23. The van der Waals surface area contributed by atoms with Crippen molar-refractivity contribution in [2.45, 2.75) is 44.9 Å². The minimum Gasteiger partial charge on any atom is -0.356 e. The standard InChI is InChI=1S/C18H29N5S.HI/c1-19-16(23-12-8-18(14-23)6-4-7-18)20-9-5-15-13-24-17(21-15)22-10-2-3-11-22;/h13H,2-12,14H2,1H3,(H,19,20);1H. The third-order valence-corrected chi connectivity index (χ3v) is 6.89. The maximum absolute atomic E-state index is 4.81. The molecule has 3 heterocycles. The zero-order valence-corrected chi connectivity index (χ0v) is 18.3. The SMILES string of the molecule is CN=C(NCCc1csc(N2CCCC2)n1)N1CCC2(CCC2)C1.I. The Hall–Kier alpha value is -0.570. The summed E-state index contributed by atoms with van der Waals surface area (Å²) in [6.45, 7) is 5.63. The van der Waals surface area contributed by atoms with Crippen LogP contribution in [0.4, 0.5) is 5.13 Å². The van der Waals surface area contributed by atoms with Gasteiger partial charge in [-0.3, -0.25) is 4.99 Å². The fourth-order valence-electron chi connectivity index (χ4n) is 4.30. The van der Waals surface area contributed by atoms with Crippen LogP contribution in [0.5, 0.6) is 0 Å². The van der Waals surface area contributed by atoms with Crippen molar-refractivity contribution in [1.29, 1.82) is 0 Å². The molecule has 1 aliphatic carbocycles. The van der Waals surface area contributed by atoms with Crippen LogP contribution >= 0.6 is 35.3 Å². The lowest BCUT2D eigenvalue weighted by atomic mass is 9.68. The predicted octanol–water partition coefficient (Wildman–Crippen LogP) is 3.36. The van der Waals surface area contributed by atoms with Crippen LogP contribution in [0.3, 0.4) is 0 Å². The van der Waals surface area contributed by atoms with E-state index in [1.807, 2.05) is 7.05 Å². The number of hydrogen-bond acceptors (Lipinski definition) is 4. The molecule has 1 N–H and O–H groups in total. The Morgan fingerprint density at radius 2 is 2.04 bits per heavy atom. The van der Waals surface area contributed by atoms with E-state index in [-0.39, 0.29) is 24.0 Å². The molecule has 5 nitrogen and oxygen atoms in total. The number of thiazole rings is 1. The van der Waals surface area contributed by atoms with Gasteiger partial charge >= 0.3 is 0 Å². The van der Waals surface area contributed by atoms with Gasteiger partial charge in [-0.05, 0) is 37.5 Å². The first-order valence-corrected chi connectivity index (χ1v) is 10.3. The van der Waals surface area contributed by atoms with E-state index < -0.39 is 0 Å². The molecule has 4 rings (SSSR count). The molecule has 1 aromatic heterocycles. The molecule has 0 aromatic carbocycles. The van der Waals surface area contributed by atoms with Gasteiger partial charge in [0.15, 0.2) is 11.1 Å². The van der Waals surface area contributed by atoms with Gasteiger partial charge in [0.05, 0.1) is 5.69 Å². The molecule has 2 aliphatic heterocycles. The van der Waals surface area contributed by atoms with E-state index in [0.29, 0.717) is 5.41 Å². The van der Waals surface area contributed by atoms with Crippen LogP contribution in [-0.4, -0.2) is 55.6 Å². The van der Waals surface area contributed by atoms with Crippen molar-refractivity contribution in [3.8, 4) is 0 Å². The number of hydrogen-bond donors (Lipinski definition) is 1. The highest BCUT2D eigenvalue weighted by atomic mass is 127. The normalized spacial score (nSPS) is 22.2. The summed E-state index contributed by atoms with van der Waals surface area (Å²) in [4.78, 5) is 14.2. The predicted molar refractivity (Wildman–Crippen MR) is 117 cm³/mol. The van der Waals surface area contributed by atoms with E-state index in [0.717, 1.165) is 25.5 Å². The Balaban J connectivity index is 0.00000182. The average molecular weight is 475 g/mol. The molecule has 1 aromatic rings. The van der Waals surface area contributed by atoms with Crippen LogP contribution < -0.4 is 10.2 Å². The number of halogens is 1. The number of guanidine groups is 1. The minimum atomic E-state index is 0. The summed E-state index contributed by atoms with van der Waals surface area (Å²) in [6, 6.07) is 0. The van der Waals surface area contributed by atoms with Gasteiger partial charge in [0, 0.05) is 51.6 Å². The van der Waals surface area contributed by atoms with Gasteiger partial charge in [0.1, 0.15) is 0 Å². The Morgan fingerprint density at radius 3 is 2.68 bits per heavy atom. The molecule has 140 valence electrons. The summed E-state index contributed by atoms with van der Waals surface area (Å²) >= 11 is 1.79. The number of rotatable bonds is 4. The summed E-state index contributed by atoms with van der Waals surface area (Å²) in [7, 11) is 1.91. The number of nitrogens with one attached hydrogen (secondary N) is 1. The highest BCUT2D eigenvalue weighted by molar-refractivity contribution is 14.0. The van der Waals surface area contributed by atoms with Crippen LogP contribution in [0, 0.1) is 5.41 Å². The first kappa shape index (κ1) is 19.2. The number of anilines is 1. The number of nitrogens with zero attached hydrogens (tertiary/aromatic N) is 4. The largest absolute Gasteiger partial charge is 0.356 e. The van der Waals surface area contributed by atoms with Crippen LogP contribution in [0.1, 0.15) is 44.2 Å². The van der Waals surface area contributed by atoms with Crippen molar-refractivity contribution in [3.05, 3.63) is 11.1 Å². The summed E-state index contributed by atoms with van der Waals surface area (Å²) in [5.41, 5.74) is 1.83. The maximum Gasteiger partial charge on any atom is 0.193 e. The first-order chi connectivity index (χ1) is 11.8. The van der Waals surface area contributed by atoms with Crippen LogP contribution in [0.15, 0.2) is 10.4 Å². The topological polar surface area (TPSA) is 43.8 Å². The molecule has 0 atom stereocenters. The number of likely N-dealkylation sites (tertiary alicyclic amines) is 1. The van der Waals surface area contributed by atoms with E-state index in [2.05, 4.69) is 25.5 Å².